The van der Waals surface area contributed by atoms with Crippen molar-refractivity contribution < 1.29 is 0 Å². The summed E-state index contributed by atoms with van der Waals surface area (Å²) in [7, 11) is 0. The maximum atomic E-state index is 4.20. The lowest BCUT2D eigenvalue weighted by molar-refractivity contribution is 1.19. The number of nitrogens with zero attached hydrogens (tertiary/aromatic N) is 1. The number of nitrogens with one attached hydrogen (secondary N) is 1. The van der Waals surface area contributed by atoms with E-state index in [0.717, 1.165) is 17.9 Å². The van der Waals surface area contributed by atoms with Gasteiger partial charge in [0, 0.05) is 18.0 Å². The summed E-state index contributed by atoms with van der Waals surface area (Å²) < 4.78 is 0. The van der Waals surface area contributed by atoms with Crippen LogP contribution in [-0.4, -0.2) is 4.98 Å². The molecule has 0 spiro atoms. The number of pyridine rings is 1. The first-order chi connectivity index (χ1) is 9.90. The van der Waals surface area contributed by atoms with Crippen LogP contribution < -0.4 is 5.32 Å². The van der Waals surface area contributed by atoms with E-state index in [4.69, 9.17) is 0 Å². The van der Waals surface area contributed by atoms with Gasteiger partial charge in [-0.3, -0.25) is 0 Å². The number of hydrogen-bond acceptors (Lipinski definition) is 2. The van der Waals surface area contributed by atoms with Crippen molar-refractivity contribution in [1.82, 2.24) is 4.98 Å². The van der Waals surface area contributed by atoms with E-state index in [1.165, 1.54) is 11.1 Å². The minimum atomic E-state index is 0.833. The maximum Gasteiger partial charge on any atom is 0.130 e. The van der Waals surface area contributed by atoms with Crippen LogP contribution in [0.15, 0.2) is 72.9 Å². The van der Waals surface area contributed by atoms with Crippen molar-refractivity contribution in [3.8, 4) is 0 Å². The minimum absolute atomic E-state index is 0.833. The highest BCUT2D eigenvalue weighted by molar-refractivity contribution is 5.56. The Morgan fingerprint density at radius 3 is 2.30 bits per heavy atom. The third kappa shape index (κ3) is 3.23. The summed E-state index contributed by atoms with van der Waals surface area (Å²) in [6.45, 7) is 0. The van der Waals surface area contributed by atoms with E-state index in [9.17, 15) is 0 Å². The van der Waals surface area contributed by atoms with Crippen molar-refractivity contribution in [2.45, 2.75) is 6.42 Å². The lowest BCUT2D eigenvalue weighted by Gasteiger charge is -2.07. The molecule has 2 aromatic carbocycles. The van der Waals surface area contributed by atoms with Crippen molar-refractivity contribution in [3.63, 3.8) is 0 Å². The Bertz CT molecular complexity index is 586. The minimum Gasteiger partial charge on any atom is -0.340 e. The van der Waals surface area contributed by atoms with Gasteiger partial charge < -0.3 is 5.32 Å². The summed E-state index contributed by atoms with van der Waals surface area (Å²) >= 11 is 0. The Morgan fingerprint density at radius 2 is 1.60 bits per heavy atom. The molecule has 3 rings (SSSR count). The molecule has 97 valence electrons. The number of aromatic nitrogens is 1. The molecule has 0 atom stereocenters. The summed E-state index contributed by atoms with van der Waals surface area (Å²) in [5, 5.41) is 3.26. The van der Waals surface area contributed by atoms with E-state index >= 15 is 0 Å². The van der Waals surface area contributed by atoms with Crippen LogP contribution in [0.4, 0.5) is 11.5 Å². The molecule has 2 nitrogen and oxygen atoms in total. The average Bonchev–Trinajstić information content (AvgIpc) is 2.51. The molecule has 0 unspecified atom stereocenters. The summed E-state index contributed by atoms with van der Waals surface area (Å²) in [4.78, 5) is 4.20. The fourth-order valence-electron chi connectivity index (χ4n) is 2.08. The van der Waals surface area contributed by atoms with Gasteiger partial charge in [0.05, 0.1) is 0 Å². The molecule has 2 heteroatoms. The lowest BCUT2D eigenvalue weighted by Crippen LogP contribution is -1.93. The standard InChI is InChI=1S/C18H15N2/c1-2-6-15(7-3-1)14-16-9-11-17(12-10-16)20-18-8-4-5-13-19-18/h1-4,6-13H,14H2,(H,19,20). The van der Waals surface area contributed by atoms with Gasteiger partial charge in [0.2, 0.25) is 0 Å². The van der Waals surface area contributed by atoms with E-state index < -0.39 is 0 Å². The fourth-order valence-corrected chi connectivity index (χ4v) is 2.08. The maximum absolute atomic E-state index is 4.20. The van der Waals surface area contributed by atoms with Crippen LogP contribution >= 0.6 is 0 Å². The molecule has 1 heterocycles. The molecule has 0 amide bonds. The van der Waals surface area contributed by atoms with Gasteiger partial charge in [-0.2, -0.15) is 0 Å². The van der Waals surface area contributed by atoms with Gasteiger partial charge in [-0.05, 0) is 41.8 Å². The Kier molecular flexibility index (Phi) is 3.74. The van der Waals surface area contributed by atoms with Crippen LogP contribution in [0.25, 0.3) is 0 Å². The van der Waals surface area contributed by atoms with Crippen LogP contribution in [0, 0.1) is 6.07 Å². The smallest absolute Gasteiger partial charge is 0.130 e. The predicted molar refractivity (Wildman–Crippen MR) is 82.0 cm³/mol. The van der Waals surface area contributed by atoms with E-state index in [1.807, 2.05) is 18.2 Å². The van der Waals surface area contributed by atoms with Gasteiger partial charge in [0.1, 0.15) is 5.82 Å². The Labute approximate surface area is 119 Å². The van der Waals surface area contributed by atoms with Gasteiger partial charge in [-0.15, -0.1) is 0 Å². The molecular formula is C18H15N2. The zero-order valence-electron chi connectivity index (χ0n) is 11.1. The average molecular weight is 259 g/mol. The number of anilines is 2. The Hall–Kier alpha value is -2.61. The molecule has 0 fully saturated rings. The third-order valence-electron chi connectivity index (χ3n) is 3.09. The molecule has 0 aliphatic rings. The van der Waals surface area contributed by atoms with Gasteiger partial charge >= 0.3 is 0 Å². The largest absolute Gasteiger partial charge is 0.340 e. The molecule has 0 saturated carbocycles. The van der Waals surface area contributed by atoms with Crippen LogP contribution in [0.1, 0.15) is 11.1 Å². The van der Waals surface area contributed by atoms with Crippen LogP contribution in [0.5, 0.6) is 0 Å². The number of benzene rings is 2. The number of rotatable bonds is 4. The molecule has 0 bridgehead atoms. The highest BCUT2D eigenvalue weighted by atomic mass is 15.0. The molecule has 1 radical (unpaired) electrons. The Morgan fingerprint density at radius 1 is 0.850 bits per heavy atom. The third-order valence-corrected chi connectivity index (χ3v) is 3.09. The van der Waals surface area contributed by atoms with Crippen molar-refractivity contribution in [2.24, 2.45) is 0 Å². The molecular weight excluding hydrogens is 244 g/mol. The molecule has 0 aliphatic heterocycles. The second-order valence-corrected chi connectivity index (χ2v) is 4.63. The quantitative estimate of drug-likeness (QED) is 0.759. The zero-order valence-corrected chi connectivity index (χ0v) is 11.1. The summed E-state index contributed by atoms with van der Waals surface area (Å²) in [6.07, 6.45) is 2.62. The SMILES string of the molecule is [c]1ccc(Nc2ccc(Cc3ccccc3)cc2)nc1. The number of hydrogen-bond donors (Lipinski definition) is 1. The zero-order chi connectivity index (χ0) is 13.6. The van der Waals surface area contributed by atoms with Crippen molar-refractivity contribution in [1.29, 1.82) is 0 Å². The van der Waals surface area contributed by atoms with Crippen molar-refractivity contribution in [2.75, 3.05) is 5.32 Å². The van der Waals surface area contributed by atoms with Gasteiger partial charge in [0.15, 0.2) is 0 Å². The monoisotopic (exact) mass is 259 g/mol. The molecule has 20 heavy (non-hydrogen) atoms. The normalized spacial score (nSPS) is 10.2. The van der Waals surface area contributed by atoms with Crippen molar-refractivity contribution in [3.05, 3.63) is 90.1 Å². The molecule has 3 aromatic rings. The van der Waals surface area contributed by atoms with E-state index in [1.54, 1.807) is 6.20 Å². The predicted octanol–water partition coefficient (Wildman–Crippen LogP) is 4.22. The summed E-state index contributed by atoms with van der Waals surface area (Å²) in [5.41, 5.74) is 3.67. The van der Waals surface area contributed by atoms with E-state index in [0.29, 0.717) is 0 Å². The first-order valence-electron chi connectivity index (χ1n) is 6.62. The van der Waals surface area contributed by atoms with Gasteiger partial charge in [-0.1, -0.05) is 42.5 Å². The lowest BCUT2D eigenvalue weighted by atomic mass is 10.0. The molecule has 1 N–H and O–H groups in total. The van der Waals surface area contributed by atoms with Gasteiger partial charge in [-0.25, -0.2) is 4.98 Å². The summed E-state index contributed by atoms with van der Waals surface area (Å²) in [6, 6.07) is 25.6. The Balaban J connectivity index is 1.69. The summed E-state index contributed by atoms with van der Waals surface area (Å²) in [5.74, 6) is 0.833. The first-order valence-corrected chi connectivity index (χ1v) is 6.62. The first kappa shape index (κ1) is 12.4. The van der Waals surface area contributed by atoms with Gasteiger partial charge in [0.25, 0.3) is 0 Å². The molecule has 1 aromatic heterocycles. The second-order valence-electron chi connectivity index (χ2n) is 4.63. The van der Waals surface area contributed by atoms with E-state index in [2.05, 4.69) is 64.9 Å². The fraction of sp³-hybridized carbons (Fsp3) is 0.0556. The van der Waals surface area contributed by atoms with Crippen molar-refractivity contribution >= 4 is 11.5 Å². The molecule has 0 aliphatic carbocycles. The van der Waals surface area contributed by atoms with Crippen LogP contribution in [0.2, 0.25) is 0 Å². The van der Waals surface area contributed by atoms with Crippen LogP contribution in [0.3, 0.4) is 0 Å². The second kappa shape index (κ2) is 6.02. The highest BCUT2D eigenvalue weighted by Gasteiger charge is 1.98. The molecule has 0 saturated heterocycles. The highest BCUT2D eigenvalue weighted by Crippen LogP contribution is 2.16. The topological polar surface area (TPSA) is 24.9 Å². The van der Waals surface area contributed by atoms with E-state index in [-0.39, 0.29) is 0 Å². The van der Waals surface area contributed by atoms with Crippen LogP contribution in [-0.2, 0) is 6.42 Å².